The number of hydrogen-bond acceptors (Lipinski definition) is 2. The highest BCUT2D eigenvalue weighted by Crippen LogP contribution is 2.14. The second-order valence-electron chi connectivity index (χ2n) is 5.08. The molecule has 0 heterocycles. The van der Waals surface area contributed by atoms with Crippen molar-refractivity contribution in [2.75, 3.05) is 6.26 Å². The Morgan fingerprint density at radius 1 is 1.11 bits per heavy atom. The Labute approximate surface area is 116 Å². The molecule has 0 aliphatic carbocycles. The third kappa shape index (κ3) is 4.06. The van der Waals surface area contributed by atoms with Crippen molar-refractivity contribution in [2.45, 2.75) is 44.7 Å². The van der Waals surface area contributed by atoms with Crippen molar-refractivity contribution in [2.24, 2.45) is 4.36 Å². The van der Waals surface area contributed by atoms with Gasteiger partial charge in [0.25, 0.3) is 0 Å². The van der Waals surface area contributed by atoms with E-state index in [9.17, 15) is 9.00 Å². The highest BCUT2D eigenvalue weighted by Gasteiger charge is 2.21. The minimum absolute atomic E-state index is 0.0298. The van der Waals surface area contributed by atoms with Crippen LogP contribution in [-0.2, 0) is 9.73 Å². The molecule has 1 aromatic rings. The largest absolute Gasteiger partial charge is 0.352 e. The third-order valence-electron chi connectivity index (χ3n) is 2.77. The zero-order chi connectivity index (χ0) is 14.6. The first kappa shape index (κ1) is 15.7. The maximum absolute atomic E-state index is 12.5. The topological polar surface area (TPSA) is 49.7 Å². The molecular formula is C14H22N2O2S. The summed E-state index contributed by atoms with van der Waals surface area (Å²) >= 11 is 0. The lowest BCUT2D eigenvalue weighted by atomic mass is 10.2. The molecule has 106 valence electrons. The molecule has 5 heteroatoms. The summed E-state index contributed by atoms with van der Waals surface area (Å²) in [6.07, 6.45) is 1.50. The zero-order valence-corrected chi connectivity index (χ0v) is 13.0. The van der Waals surface area contributed by atoms with Gasteiger partial charge in [-0.3, -0.25) is 0 Å². The van der Waals surface area contributed by atoms with Gasteiger partial charge in [-0.15, -0.1) is 4.36 Å². The van der Waals surface area contributed by atoms with Crippen molar-refractivity contribution in [3.05, 3.63) is 30.3 Å². The number of benzene rings is 1. The molecule has 0 bridgehead atoms. The molecule has 0 spiro atoms. The van der Waals surface area contributed by atoms with E-state index in [2.05, 4.69) is 4.36 Å². The first-order valence-electron chi connectivity index (χ1n) is 6.35. The van der Waals surface area contributed by atoms with Gasteiger partial charge in [-0.25, -0.2) is 9.00 Å². The Morgan fingerprint density at radius 2 is 1.58 bits per heavy atom. The van der Waals surface area contributed by atoms with Crippen LogP contribution in [0, 0.1) is 0 Å². The summed E-state index contributed by atoms with van der Waals surface area (Å²) in [4.78, 5) is 14.4. The number of carbonyl (C=O) groups is 1. The summed E-state index contributed by atoms with van der Waals surface area (Å²) in [5.41, 5.74) is 0. The SMILES string of the molecule is CC(C)N(C(=O)N=[S@@](C)(=O)c1ccccc1)C(C)C. The van der Waals surface area contributed by atoms with Gasteiger partial charge in [0.2, 0.25) is 0 Å². The van der Waals surface area contributed by atoms with Gasteiger partial charge < -0.3 is 4.90 Å². The molecule has 19 heavy (non-hydrogen) atoms. The van der Waals surface area contributed by atoms with Gasteiger partial charge in [-0.05, 0) is 39.8 Å². The molecule has 0 saturated heterocycles. The van der Waals surface area contributed by atoms with E-state index in [1.807, 2.05) is 33.8 Å². The van der Waals surface area contributed by atoms with Gasteiger partial charge in [0.15, 0.2) is 0 Å². The fourth-order valence-corrected chi connectivity index (χ4v) is 3.12. The maximum atomic E-state index is 12.5. The first-order chi connectivity index (χ1) is 8.75. The summed E-state index contributed by atoms with van der Waals surface area (Å²) in [5.74, 6) is 0. The predicted molar refractivity (Wildman–Crippen MR) is 78.7 cm³/mol. The van der Waals surface area contributed by atoms with Crippen LogP contribution in [0.5, 0.6) is 0 Å². The Bertz CT molecular complexity index is 536. The average molecular weight is 282 g/mol. The number of hydrogen-bond donors (Lipinski definition) is 0. The summed E-state index contributed by atoms with van der Waals surface area (Å²) < 4.78 is 16.5. The van der Waals surface area contributed by atoms with Crippen LogP contribution in [0.3, 0.4) is 0 Å². The van der Waals surface area contributed by atoms with Gasteiger partial charge >= 0.3 is 6.03 Å². The maximum Gasteiger partial charge on any atom is 0.352 e. The minimum Gasteiger partial charge on any atom is -0.318 e. The van der Waals surface area contributed by atoms with Gasteiger partial charge in [0, 0.05) is 23.2 Å². The van der Waals surface area contributed by atoms with Crippen molar-refractivity contribution >= 4 is 15.8 Å². The number of carbonyl (C=O) groups excluding carboxylic acids is 1. The highest BCUT2D eigenvalue weighted by atomic mass is 32.2. The fourth-order valence-electron chi connectivity index (χ4n) is 1.96. The Kier molecular flexibility index (Phi) is 5.11. The van der Waals surface area contributed by atoms with Gasteiger partial charge in [0.05, 0.1) is 9.73 Å². The standard InChI is InChI=1S/C14H22N2O2S/c1-11(2)16(12(3)4)14(17)15-19(5,18)13-9-7-6-8-10-13/h6-12H,1-5H3/t19-/m0/s1. The average Bonchev–Trinajstić information content (AvgIpc) is 2.28. The summed E-state index contributed by atoms with van der Waals surface area (Å²) in [7, 11) is -2.69. The fraction of sp³-hybridized carbons (Fsp3) is 0.500. The molecule has 0 saturated carbocycles. The van der Waals surface area contributed by atoms with Crippen molar-refractivity contribution in [1.82, 2.24) is 4.90 Å². The van der Waals surface area contributed by atoms with E-state index in [0.717, 1.165) is 0 Å². The minimum atomic E-state index is -2.69. The molecule has 0 aromatic heterocycles. The number of nitrogens with zero attached hydrogens (tertiary/aromatic N) is 2. The van der Waals surface area contributed by atoms with Gasteiger partial charge in [0.1, 0.15) is 0 Å². The molecule has 4 nitrogen and oxygen atoms in total. The summed E-state index contributed by atoms with van der Waals surface area (Å²) in [6.45, 7) is 7.70. The molecule has 0 aliphatic rings. The molecule has 0 unspecified atom stereocenters. The molecule has 0 fully saturated rings. The second-order valence-corrected chi connectivity index (χ2v) is 7.34. The van der Waals surface area contributed by atoms with Crippen LogP contribution in [0.15, 0.2) is 39.6 Å². The Morgan fingerprint density at radius 3 is 2.00 bits per heavy atom. The molecule has 1 rings (SSSR count). The lowest BCUT2D eigenvalue weighted by Gasteiger charge is -2.28. The van der Waals surface area contributed by atoms with E-state index in [1.54, 1.807) is 29.2 Å². The Hall–Kier alpha value is -1.36. The molecular weight excluding hydrogens is 260 g/mol. The van der Waals surface area contributed by atoms with E-state index in [1.165, 1.54) is 6.26 Å². The van der Waals surface area contributed by atoms with Crippen LogP contribution in [0.2, 0.25) is 0 Å². The quantitative estimate of drug-likeness (QED) is 0.853. The zero-order valence-electron chi connectivity index (χ0n) is 12.2. The number of amides is 2. The van der Waals surface area contributed by atoms with Crippen molar-refractivity contribution in [1.29, 1.82) is 0 Å². The van der Waals surface area contributed by atoms with Crippen LogP contribution >= 0.6 is 0 Å². The van der Waals surface area contributed by atoms with Gasteiger partial charge in [-0.1, -0.05) is 18.2 Å². The van der Waals surface area contributed by atoms with E-state index >= 15 is 0 Å². The second kappa shape index (κ2) is 6.19. The number of urea groups is 1. The molecule has 1 atom stereocenters. The van der Waals surface area contributed by atoms with Crippen molar-refractivity contribution in [3.8, 4) is 0 Å². The van der Waals surface area contributed by atoms with E-state index < -0.39 is 15.8 Å². The predicted octanol–water partition coefficient (Wildman–Crippen LogP) is 3.38. The molecule has 2 amide bonds. The van der Waals surface area contributed by atoms with E-state index in [-0.39, 0.29) is 12.1 Å². The van der Waals surface area contributed by atoms with Crippen LogP contribution < -0.4 is 0 Å². The summed E-state index contributed by atoms with van der Waals surface area (Å²) in [6, 6.07) is 8.53. The van der Waals surface area contributed by atoms with Crippen LogP contribution in [0.4, 0.5) is 4.79 Å². The summed E-state index contributed by atoms with van der Waals surface area (Å²) in [5, 5.41) is 0. The van der Waals surface area contributed by atoms with Crippen molar-refractivity contribution in [3.63, 3.8) is 0 Å². The highest BCUT2D eigenvalue weighted by molar-refractivity contribution is 7.93. The molecule has 1 aromatic carbocycles. The lowest BCUT2D eigenvalue weighted by molar-refractivity contribution is 0.175. The van der Waals surface area contributed by atoms with Crippen LogP contribution in [-0.4, -0.2) is 33.5 Å². The monoisotopic (exact) mass is 282 g/mol. The smallest absolute Gasteiger partial charge is 0.318 e. The first-order valence-corrected chi connectivity index (χ1v) is 8.27. The Balaban J connectivity index is 3.14. The van der Waals surface area contributed by atoms with Crippen molar-refractivity contribution < 1.29 is 9.00 Å². The lowest BCUT2D eigenvalue weighted by Crippen LogP contribution is -2.40. The molecule has 0 aliphatic heterocycles. The molecule has 0 N–H and O–H groups in total. The van der Waals surface area contributed by atoms with Gasteiger partial charge in [-0.2, -0.15) is 0 Å². The molecule has 0 radical (unpaired) electrons. The normalized spacial score (nSPS) is 14.3. The van der Waals surface area contributed by atoms with Crippen LogP contribution in [0.25, 0.3) is 0 Å². The van der Waals surface area contributed by atoms with E-state index in [0.29, 0.717) is 4.90 Å². The number of rotatable bonds is 3. The third-order valence-corrected chi connectivity index (χ3v) is 4.42. The van der Waals surface area contributed by atoms with E-state index in [4.69, 9.17) is 0 Å². The van der Waals surface area contributed by atoms with Crippen LogP contribution in [0.1, 0.15) is 27.7 Å².